The maximum absolute atomic E-state index is 13.3. The number of carbonyl (C=O) groups is 1. The normalized spacial score (nSPS) is 20.6. The zero-order chi connectivity index (χ0) is 20.5. The third-order valence-electron chi connectivity index (χ3n) is 6.36. The Bertz CT molecular complexity index is 1020. The fourth-order valence-corrected chi connectivity index (χ4v) is 4.57. The van der Waals surface area contributed by atoms with Gasteiger partial charge >= 0.3 is 0 Å². The minimum atomic E-state index is 0.0173. The molecule has 0 radical (unpaired) electrons. The Kier molecular flexibility index (Phi) is 5.12. The summed E-state index contributed by atoms with van der Waals surface area (Å²) >= 11 is 0. The van der Waals surface area contributed by atoms with E-state index in [0.29, 0.717) is 11.6 Å². The quantitative estimate of drug-likeness (QED) is 0.671. The highest BCUT2D eigenvalue weighted by atomic mass is 16.2. The van der Waals surface area contributed by atoms with Gasteiger partial charge in [0, 0.05) is 63.8 Å². The SMILES string of the molecule is CN1CCN(c2nccn3cc(C(=O)N4CCCC(c5ccccc5)C4)nc23)CC1. The molecule has 3 aromatic rings. The molecular formula is C23H28N6O. The second-order valence-corrected chi connectivity index (χ2v) is 8.40. The van der Waals surface area contributed by atoms with Crippen LogP contribution in [0.3, 0.4) is 0 Å². The lowest BCUT2D eigenvalue weighted by atomic mass is 9.90. The average Bonchev–Trinajstić information content (AvgIpc) is 3.24. The second kappa shape index (κ2) is 8.07. The van der Waals surface area contributed by atoms with Crippen LogP contribution in [0.5, 0.6) is 0 Å². The van der Waals surface area contributed by atoms with Crippen LogP contribution in [-0.4, -0.2) is 76.4 Å². The minimum Gasteiger partial charge on any atom is -0.351 e. The summed E-state index contributed by atoms with van der Waals surface area (Å²) < 4.78 is 1.94. The monoisotopic (exact) mass is 404 g/mol. The van der Waals surface area contributed by atoms with E-state index in [0.717, 1.165) is 63.6 Å². The number of likely N-dealkylation sites (tertiary alicyclic amines) is 1. The highest BCUT2D eigenvalue weighted by Crippen LogP contribution is 2.28. The fourth-order valence-electron chi connectivity index (χ4n) is 4.57. The molecule has 0 bridgehead atoms. The largest absolute Gasteiger partial charge is 0.351 e. The first-order valence-electron chi connectivity index (χ1n) is 10.8. The number of likely N-dealkylation sites (N-methyl/N-ethyl adjacent to an activating group) is 1. The molecule has 1 atom stereocenters. The number of piperidine rings is 1. The van der Waals surface area contributed by atoms with E-state index in [1.165, 1.54) is 5.56 Å². The van der Waals surface area contributed by atoms with Gasteiger partial charge in [0.2, 0.25) is 0 Å². The summed E-state index contributed by atoms with van der Waals surface area (Å²) in [5.74, 6) is 1.28. The van der Waals surface area contributed by atoms with Crippen LogP contribution >= 0.6 is 0 Å². The molecule has 156 valence electrons. The van der Waals surface area contributed by atoms with E-state index in [-0.39, 0.29) is 5.91 Å². The van der Waals surface area contributed by atoms with Gasteiger partial charge in [-0.25, -0.2) is 9.97 Å². The number of carbonyl (C=O) groups excluding carboxylic acids is 1. The summed E-state index contributed by atoms with van der Waals surface area (Å²) in [6.07, 6.45) is 7.67. The lowest BCUT2D eigenvalue weighted by molar-refractivity contribution is 0.0702. The number of piperazine rings is 1. The smallest absolute Gasteiger partial charge is 0.274 e. The van der Waals surface area contributed by atoms with Gasteiger partial charge in [-0.05, 0) is 25.5 Å². The van der Waals surface area contributed by atoms with E-state index < -0.39 is 0 Å². The van der Waals surface area contributed by atoms with Crippen molar-refractivity contribution in [3.05, 3.63) is 60.2 Å². The number of imidazole rings is 1. The fraction of sp³-hybridized carbons (Fsp3) is 0.435. The van der Waals surface area contributed by atoms with Crippen LogP contribution in [0.4, 0.5) is 5.82 Å². The first kappa shape index (κ1) is 19.1. The van der Waals surface area contributed by atoms with Crippen molar-refractivity contribution in [3.63, 3.8) is 0 Å². The Labute approximate surface area is 176 Å². The number of anilines is 1. The highest BCUT2D eigenvalue weighted by Gasteiger charge is 2.27. The molecule has 7 nitrogen and oxygen atoms in total. The van der Waals surface area contributed by atoms with Gasteiger partial charge in [0.25, 0.3) is 5.91 Å². The maximum Gasteiger partial charge on any atom is 0.274 e. The zero-order valence-electron chi connectivity index (χ0n) is 17.4. The number of hydrogen-bond donors (Lipinski definition) is 0. The maximum atomic E-state index is 13.3. The van der Waals surface area contributed by atoms with E-state index in [2.05, 4.69) is 46.1 Å². The standard InChI is InChI=1S/C23H28N6O/c1-26-12-14-27(15-13-26)21-22-25-20(17-28(22)11-9-24-21)23(30)29-10-5-8-19(16-29)18-6-3-2-4-7-18/h2-4,6-7,9,11,17,19H,5,8,10,12-16H2,1H3. The molecule has 4 heterocycles. The molecule has 2 aliphatic heterocycles. The number of hydrogen-bond acceptors (Lipinski definition) is 5. The lowest BCUT2D eigenvalue weighted by Gasteiger charge is -2.33. The van der Waals surface area contributed by atoms with Gasteiger partial charge in [-0.15, -0.1) is 0 Å². The molecule has 1 unspecified atom stereocenters. The molecule has 7 heteroatoms. The van der Waals surface area contributed by atoms with Gasteiger partial charge in [-0.1, -0.05) is 30.3 Å². The number of aromatic nitrogens is 3. The van der Waals surface area contributed by atoms with Gasteiger partial charge < -0.3 is 19.1 Å². The Morgan fingerprint density at radius 3 is 2.67 bits per heavy atom. The summed E-state index contributed by atoms with van der Waals surface area (Å²) in [4.78, 5) is 29.2. The van der Waals surface area contributed by atoms with E-state index in [9.17, 15) is 4.79 Å². The van der Waals surface area contributed by atoms with Crippen LogP contribution in [0.1, 0.15) is 34.8 Å². The molecular weight excluding hydrogens is 376 g/mol. The predicted octanol–water partition coefficient (Wildman–Crippen LogP) is 2.50. The lowest BCUT2D eigenvalue weighted by Crippen LogP contribution is -2.45. The third-order valence-corrected chi connectivity index (χ3v) is 6.36. The number of rotatable bonds is 3. The molecule has 1 aromatic carbocycles. The molecule has 2 saturated heterocycles. The summed E-state index contributed by atoms with van der Waals surface area (Å²) in [6, 6.07) is 10.5. The Hall–Kier alpha value is -2.93. The van der Waals surface area contributed by atoms with Gasteiger partial charge in [0.05, 0.1) is 0 Å². The first-order chi connectivity index (χ1) is 14.7. The summed E-state index contributed by atoms with van der Waals surface area (Å²) in [7, 11) is 2.14. The van der Waals surface area contributed by atoms with Crippen LogP contribution < -0.4 is 4.90 Å². The molecule has 2 aliphatic rings. The van der Waals surface area contributed by atoms with E-state index >= 15 is 0 Å². The summed E-state index contributed by atoms with van der Waals surface area (Å²) in [6.45, 7) is 5.39. The van der Waals surface area contributed by atoms with E-state index in [1.807, 2.05) is 27.8 Å². The van der Waals surface area contributed by atoms with Crippen molar-refractivity contribution in [1.29, 1.82) is 0 Å². The van der Waals surface area contributed by atoms with Crippen molar-refractivity contribution >= 4 is 17.4 Å². The van der Waals surface area contributed by atoms with Crippen LogP contribution in [-0.2, 0) is 0 Å². The van der Waals surface area contributed by atoms with Crippen molar-refractivity contribution in [2.75, 3.05) is 51.2 Å². The van der Waals surface area contributed by atoms with Gasteiger partial charge in [0.15, 0.2) is 11.5 Å². The molecule has 2 fully saturated rings. The van der Waals surface area contributed by atoms with Crippen LogP contribution in [0.2, 0.25) is 0 Å². The number of nitrogens with zero attached hydrogens (tertiary/aromatic N) is 6. The van der Waals surface area contributed by atoms with Crippen molar-refractivity contribution in [1.82, 2.24) is 24.2 Å². The van der Waals surface area contributed by atoms with E-state index in [1.54, 1.807) is 6.20 Å². The highest BCUT2D eigenvalue weighted by molar-refractivity contribution is 5.93. The summed E-state index contributed by atoms with van der Waals surface area (Å²) in [5.41, 5.74) is 2.58. The third kappa shape index (κ3) is 3.65. The van der Waals surface area contributed by atoms with Crippen molar-refractivity contribution in [2.45, 2.75) is 18.8 Å². The van der Waals surface area contributed by atoms with Crippen molar-refractivity contribution in [2.24, 2.45) is 0 Å². The Morgan fingerprint density at radius 2 is 1.87 bits per heavy atom. The molecule has 30 heavy (non-hydrogen) atoms. The average molecular weight is 405 g/mol. The zero-order valence-corrected chi connectivity index (χ0v) is 17.4. The summed E-state index contributed by atoms with van der Waals surface area (Å²) in [5, 5.41) is 0. The molecule has 0 saturated carbocycles. The van der Waals surface area contributed by atoms with E-state index in [4.69, 9.17) is 4.98 Å². The first-order valence-corrected chi connectivity index (χ1v) is 10.8. The molecule has 2 aromatic heterocycles. The van der Waals surface area contributed by atoms with Crippen molar-refractivity contribution < 1.29 is 4.79 Å². The van der Waals surface area contributed by atoms with Gasteiger partial charge in [-0.3, -0.25) is 4.79 Å². The molecule has 0 spiro atoms. The predicted molar refractivity (Wildman–Crippen MR) is 117 cm³/mol. The molecule has 1 amide bonds. The molecule has 0 aliphatic carbocycles. The number of amides is 1. The minimum absolute atomic E-state index is 0.0173. The van der Waals surface area contributed by atoms with Crippen molar-refractivity contribution in [3.8, 4) is 0 Å². The van der Waals surface area contributed by atoms with Gasteiger partial charge in [-0.2, -0.15) is 0 Å². The molecule has 5 rings (SSSR count). The molecule has 0 N–H and O–H groups in total. The van der Waals surface area contributed by atoms with Crippen LogP contribution in [0.25, 0.3) is 5.65 Å². The van der Waals surface area contributed by atoms with Gasteiger partial charge in [0.1, 0.15) is 5.69 Å². The number of fused-ring (bicyclic) bond motifs is 1. The second-order valence-electron chi connectivity index (χ2n) is 8.40. The Balaban J connectivity index is 1.38. The Morgan fingerprint density at radius 1 is 1.07 bits per heavy atom. The van der Waals surface area contributed by atoms with Crippen LogP contribution in [0, 0.1) is 0 Å². The van der Waals surface area contributed by atoms with Crippen LogP contribution in [0.15, 0.2) is 48.9 Å². The topological polar surface area (TPSA) is 57.0 Å². The number of benzene rings is 1.